The van der Waals surface area contributed by atoms with E-state index in [9.17, 15) is 9.59 Å². The van der Waals surface area contributed by atoms with E-state index in [1.54, 1.807) is 19.4 Å². The van der Waals surface area contributed by atoms with Gasteiger partial charge >= 0.3 is 0 Å². The molecule has 1 aromatic heterocycles. The minimum atomic E-state index is -0.231. The lowest BCUT2D eigenvalue weighted by atomic mass is 10.1. The van der Waals surface area contributed by atoms with E-state index in [1.165, 1.54) is 4.90 Å². The first kappa shape index (κ1) is 16.8. The Morgan fingerprint density at radius 2 is 2.12 bits per heavy atom. The second kappa shape index (κ2) is 7.65. The van der Waals surface area contributed by atoms with Gasteiger partial charge in [0, 0.05) is 36.5 Å². The second-order valence-electron chi connectivity index (χ2n) is 5.54. The fraction of sp³-hybridized carbons (Fsp3) is 0.278. The Balaban J connectivity index is 1.61. The highest BCUT2D eigenvalue weighted by Crippen LogP contribution is 2.29. The van der Waals surface area contributed by atoms with Crippen molar-refractivity contribution in [1.29, 1.82) is 0 Å². The fourth-order valence-corrected chi connectivity index (χ4v) is 2.59. The molecule has 0 aliphatic carbocycles. The van der Waals surface area contributed by atoms with Gasteiger partial charge in [0.2, 0.25) is 11.8 Å². The molecule has 1 aliphatic rings. The van der Waals surface area contributed by atoms with Crippen molar-refractivity contribution in [3.63, 3.8) is 0 Å². The van der Waals surface area contributed by atoms with Gasteiger partial charge in [0.05, 0.1) is 13.7 Å². The van der Waals surface area contributed by atoms with E-state index < -0.39 is 0 Å². The van der Waals surface area contributed by atoms with Crippen LogP contribution in [0.3, 0.4) is 0 Å². The van der Waals surface area contributed by atoms with Gasteiger partial charge in [0.15, 0.2) is 6.61 Å². The predicted molar refractivity (Wildman–Crippen MR) is 91.3 cm³/mol. The monoisotopic (exact) mass is 341 g/mol. The molecular weight excluding hydrogens is 322 g/mol. The third kappa shape index (κ3) is 4.06. The van der Waals surface area contributed by atoms with E-state index >= 15 is 0 Å². The Labute approximate surface area is 145 Å². The molecule has 2 aromatic rings. The molecule has 1 N–H and O–H groups in total. The van der Waals surface area contributed by atoms with E-state index in [0.717, 1.165) is 16.9 Å². The largest absolute Gasteiger partial charge is 0.496 e. The normalized spacial score (nSPS) is 14.0. The van der Waals surface area contributed by atoms with E-state index in [1.807, 2.05) is 30.3 Å². The van der Waals surface area contributed by atoms with Gasteiger partial charge in [-0.2, -0.15) is 0 Å². The van der Waals surface area contributed by atoms with Gasteiger partial charge in [-0.1, -0.05) is 18.2 Å². The van der Waals surface area contributed by atoms with Crippen molar-refractivity contribution in [1.82, 2.24) is 15.2 Å². The molecule has 7 heteroatoms. The smallest absolute Gasteiger partial charge is 0.261 e. The minimum Gasteiger partial charge on any atom is -0.496 e. The highest BCUT2D eigenvalue weighted by atomic mass is 16.5. The van der Waals surface area contributed by atoms with Gasteiger partial charge in [-0.25, -0.2) is 4.98 Å². The van der Waals surface area contributed by atoms with Crippen LogP contribution in [0.25, 0.3) is 11.1 Å². The third-order valence-electron chi connectivity index (χ3n) is 3.89. The van der Waals surface area contributed by atoms with E-state index in [-0.39, 0.29) is 25.0 Å². The van der Waals surface area contributed by atoms with Crippen LogP contribution in [0.4, 0.5) is 0 Å². The average Bonchev–Trinajstić information content (AvgIpc) is 2.66. The summed E-state index contributed by atoms with van der Waals surface area (Å²) in [5.41, 5.74) is 1.82. The molecule has 1 aromatic carbocycles. The quantitative estimate of drug-likeness (QED) is 0.881. The molecule has 2 heterocycles. The number of carbonyl (C=O) groups is 2. The number of hydrogen-bond donors (Lipinski definition) is 1. The summed E-state index contributed by atoms with van der Waals surface area (Å²) in [6, 6.07) is 11.2. The highest BCUT2D eigenvalue weighted by Gasteiger charge is 2.21. The van der Waals surface area contributed by atoms with Crippen LogP contribution in [0, 0.1) is 0 Å². The Hall–Kier alpha value is -3.09. The number of aromatic nitrogens is 1. The molecule has 0 unspecified atom stereocenters. The second-order valence-corrected chi connectivity index (χ2v) is 5.54. The highest BCUT2D eigenvalue weighted by molar-refractivity contribution is 5.86. The van der Waals surface area contributed by atoms with Gasteiger partial charge in [-0.05, 0) is 12.1 Å². The lowest BCUT2D eigenvalue weighted by Gasteiger charge is -2.26. The molecule has 0 bridgehead atoms. The Kier molecular flexibility index (Phi) is 5.13. The van der Waals surface area contributed by atoms with E-state index in [4.69, 9.17) is 9.47 Å². The molecule has 0 saturated carbocycles. The van der Waals surface area contributed by atoms with Gasteiger partial charge in [-0.15, -0.1) is 0 Å². The minimum absolute atomic E-state index is 0.0718. The molecule has 2 amide bonds. The van der Waals surface area contributed by atoms with Crippen molar-refractivity contribution in [2.45, 2.75) is 0 Å². The molecule has 130 valence electrons. The molecule has 1 fully saturated rings. The maximum Gasteiger partial charge on any atom is 0.261 e. The number of rotatable bonds is 5. The number of methoxy groups -OCH3 is 1. The number of pyridine rings is 1. The van der Waals surface area contributed by atoms with Crippen LogP contribution >= 0.6 is 0 Å². The lowest BCUT2D eigenvalue weighted by molar-refractivity contribution is -0.139. The number of hydrogen-bond acceptors (Lipinski definition) is 5. The standard InChI is InChI=1S/C18H19N3O4/c1-24-15-5-3-2-4-14(15)13-6-7-17(20-10-13)25-12-18(23)21-9-8-19-16(22)11-21/h2-7,10H,8-9,11-12H2,1H3,(H,19,22). The zero-order chi connectivity index (χ0) is 17.6. The molecule has 0 radical (unpaired) electrons. The maximum absolute atomic E-state index is 12.1. The summed E-state index contributed by atoms with van der Waals surface area (Å²) in [4.78, 5) is 29.1. The molecule has 1 aliphatic heterocycles. The zero-order valence-corrected chi connectivity index (χ0v) is 13.9. The topological polar surface area (TPSA) is 80.8 Å². The first-order valence-corrected chi connectivity index (χ1v) is 7.94. The molecular formula is C18H19N3O4. The molecule has 0 spiro atoms. The molecule has 25 heavy (non-hydrogen) atoms. The molecule has 0 atom stereocenters. The number of benzene rings is 1. The summed E-state index contributed by atoms with van der Waals surface area (Å²) in [6.45, 7) is 0.890. The molecule has 3 rings (SSSR count). The SMILES string of the molecule is COc1ccccc1-c1ccc(OCC(=O)N2CCNC(=O)C2)nc1. The Morgan fingerprint density at radius 3 is 2.84 bits per heavy atom. The number of nitrogens with one attached hydrogen (secondary N) is 1. The van der Waals surface area contributed by atoms with Crippen LogP contribution in [-0.4, -0.2) is 55.0 Å². The van der Waals surface area contributed by atoms with Crippen LogP contribution in [0.5, 0.6) is 11.6 Å². The first-order valence-electron chi connectivity index (χ1n) is 7.94. The number of nitrogens with zero attached hydrogens (tertiary/aromatic N) is 2. The average molecular weight is 341 g/mol. The van der Waals surface area contributed by atoms with Crippen molar-refractivity contribution in [2.75, 3.05) is 33.4 Å². The van der Waals surface area contributed by atoms with Gasteiger partial charge in [0.25, 0.3) is 5.91 Å². The summed E-state index contributed by atoms with van der Waals surface area (Å²) < 4.78 is 10.8. The van der Waals surface area contributed by atoms with Crippen LogP contribution in [0.2, 0.25) is 0 Å². The Morgan fingerprint density at radius 1 is 1.28 bits per heavy atom. The number of carbonyl (C=O) groups excluding carboxylic acids is 2. The summed E-state index contributed by atoms with van der Waals surface area (Å²) in [6.07, 6.45) is 1.67. The van der Waals surface area contributed by atoms with Gasteiger partial charge < -0.3 is 19.7 Å². The maximum atomic E-state index is 12.1. The number of ether oxygens (including phenoxy) is 2. The number of piperazine rings is 1. The van der Waals surface area contributed by atoms with Crippen molar-refractivity contribution in [3.05, 3.63) is 42.6 Å². The predicted octanol–water partition coefficient (Wildman–Crippen LogP) is 1.09. The number of para-hydroxylation sites is 1. The van der Waals surface area contributed by atoms with E-state index in [0.29, 0.717) is 19.0 Å². The summed E-state index contributed by atoms with van der Waals surface area (Å²) in [7, 11) is 1.62. The summed E-state index contributed by atoms with van der Waals surface area (Å²) in [5, 5.41) is 2.68. The van der Waals surface area contributed by atoms with E-state index in [2.05, 4.69) is 10.3 Å². The van der Waals surface area contributed by atoms with Crippen LogP contribution in [-0.2, 0) is 9.59 Å². The zero-order valence-electron chi connectivity index (χ0n) is 13.9. The van der Waals surface area contributed by atoms with Crippen LogP contribution in [0.15, 0.2) is 42.6 Å². The number of amides is 2. The van der Waals surface area contributed by atoms with Crippen molar-refractivity contribution >= 4 is 11.8 Å². The van der Waals surface area contributed by atoms with Gasteiger partial charge in [0.1, 0.15) is 5.75 Å². The van der Waals surface area contributed by atoms with Gasteiger partial charge in [-0.3, -0.25) is 9.59 Å². The summed E-state index contributed by atoms with van der Waals surface area (Å²) in [5.74, 6) is 0.731. The van der Waals surface area contributed by atoms with Crippen molar-refractivity contribution in [2.24, 2.45) is 0 Å². The Bertz CT molecular complexity index is 761. The third-order valence-corrected chi connectivity index (χ3v) is 3.89. The molecule has 1 saturated heterocycles. The fourth-order valence-electron chi connectivity index (χ4n) is 2.59. The molecule has 7 nitrogen and oxygen atoms in total. The van der Waals surface area contributed by atoms with Crippen LogP contribution in [0.1, 0.15) is 0 Å². The van der Waals surface area contributed by atoms with Crippen molar-refractivity contribution < 1.29 is 19.1 Å². The van der Waals surface area contributed by atoms with Crippen LogP contribution < -0.4 is 14.8 Å². The van der Waals surface area contributed by atoms with Crippen molar-refractivity contribution in [3.8, 4) is 22.8 Å². The summed E-state index contributed by atoms with van der Waals surface area (Å²) >= 11 is 0. The lowest BCUT2D eigenvalue weighted by Crippen LogP contribution is -2.51. The first-order chi connectivity index (χ1) is 12.2.